The highest BCUT2D eigenvalue weighted by atomic mass is 15.2. The summed E-state index contributed by atoms with van der Waals surface area (Å²) in [5.74, 6) is 1.61. The first-order valence-corrected chi connectivity index (χ1v) is 6.38. The number of nitrogen functional groups attached to an aromatic ring is 1. The van der Waals surface area contributed by atoms with Gasteiger partial charge in [0.15, 0.2) is 0 Å². The van der Waals surface area contributed by atoms with E-state index in [0.29, 0.717) is 11.2 Å². The van der Waals surface area contributed by atoms with E-state index in [1.807, 2.05) is 6.92 Å². The van der Waals surface area contributed by atoms with Gasteiger partial charge in [-0.15, -0.1) is 0 Å². The molecule has 2 rings (SSSR count). The van der Waals surface area contributed by atoms with E-state index < -0.39 is 0 Å². The molecule has 1 aromatic rings. The zero-order chi connectivity index (χ0) is 12.5. The number of rotatable bonds is 2. The molecule has 0 atom stereocenters. The molecule has 0 unspecified atom stereocenters. The SMILES string of the molecule is CCC1(C)CCN(c2ncnc(N)c2C)CC1. The van der Waals surface area contributed by atoms with Gasteiger partial charge in [0.2, 0.25) is 0 Å². The lowest BCUT2D eigenvalue weighted by atomic mass is 9.78. The molecule has 0 radical (unpaired) electrons. The molecule has 0 aliphatic carbocycles. The first-order valence-electron chi connectivity index (χ1n) is 6.38. The van der Waals surface area contributed by atoms with Gasteiger partial charge in [0.25, 0.3) is 0 Å². The summed E-state index contributed by atoms with van der Waals surface area (Å²) in [5.41, 5.74) is 7.34. The number of nitrogens with two attached hydrogens (primary N) is 1. The lowest BCUT2D eigenvalue weighted by Crippen LogP contribution is -2.39. The number of hydrogen-bond acceptors (Lipinski definition) is 4. The molecule has 1 aliphatic rings. The molecule has 0 aromatic carbocycles. The molecule has 0 spiro atoms. The predicted octanol–water partition coefficient (Wildman–Crippen LogP) is 2.38. The van der Waals surface area contributed by atoms with Crippen LogP contribution in [-0.2, 0) is 0 Å². The van der Waals surface area contributed by atoms with Gasteiger partial charge in [-0.3, -0.25) is 0 Å². The fraction of sp³-hybridized carbons (Fsp3) is 0.692. The molecular formula is C13H22N4. The van der Waals surface area contributed by atoms with Crippen LogP contribution in [0, 0.1) is 12.3 Å². The quantitative estimate of drug-likeness (QED) is 0.853. The third-order valence-corrected chi connectivity index (χ3v) is 4.22. The Kier molecular flexibility index (Phi) is 3.22. The van der Waals surface area contributed by atoms with Crippen LogP contribution in [-0.4, -0.2) is 23.1 Å². The van der Waals surface area contributed by atoms with Crippen LogP contribution in [0.3, 0.4) is 0 Å². The van der Waals surface area contributed by atoms with E-state index in [9.17, 15) is 0 Å². The monoisotopic (exact) mass is 234 g/mol. The van der Waals surface area contributed by atoms with Crippen LogP contribution in [0.5, 0.6) is 0 Å². The van der Waals surface area contributed by atoms with Gasteiger partial charge >= 0.3 is 0 Å². The number of aromatic nitrogens is 2. The molecule has 94 valence electrons. The van der Waals surface area contributed by atoms with Crippen molar-refractivity contribution in [1.82, 2.24) is 9.97 Å². The lowest BCUT2D eigenvalue weighted by Gasteiger charge is -2.39. The Bertz CT molecular complexity index is 394. The van der Waals surface area contributed by atoms with Crippen LogP contribution < -0.4 is 10.6 Å². The second-order valence-electron chi connectivity index (χ2n) is 5.36. The second-order valence-corrected chi connectivity index (χ2v) is 5.36. The van der Waals surface area contributed by atoms with E-state index >= 15 is 0 Å². The summed E-state index contributed by atoms with van der Waals surface area (Å²) in [6.45, 7) is 8.80. The van der Waals surface area contributed by atoms with E-state index in [0.717, 1.165) is 24.5 Å². The summed E-state index contributed by atoms with van der Waals surface area (Å²) < 4.78 is 0. The van der Waals surface area contributed by atoms with Gasteiger partial charge < -0.3 is 10.6 Å². The molecule has 1 fully saturated rings. The number of piperidine rings is 1. The van der Waals surface area contributed by atoms with Crippen molar-refractivity contribution in [2.75, 3.05) is 23.7 Å². The van der Waals surface area contributed by atoms with Crippen molar-refractivity contribution in [2.45, 2.75) is 40.0 Å². The Labute approximate surface area is 103 Å². The van der Waals surface area contributed by atoms with Crippen molar-refractivity contribution in [1.29, 1.82) is 0 Å². The molecule has 0 bridgehead atoms. The summed E-state index contributed by atoms with van der Waals surface area (Å²) in [7, 11) is 0. The minimum absolute atomic E-state index is 0.503. The predicted molar refractivity (Wildman–Crippen MR) is 71.0 cm³/mol. The van der Waals surface area contributed by atoms with Gasteiger partial charge in [-0.05, 0) is 25.2 Å². The third kappa shape index (κ3) is 2.35. The van der Waals surface area contributed by atoms with Crippen molar-refractivity contribution in [2.24, 2.45) is 5.41 Å². The largest absolute Gasteiger partial charge is 0.383 e. The lowest BCUT2D eigenvalue weighted by molar-refractivity contribution is 0.237. The Morgan fingerprint density at radius 1 is 1.35 bits per heavy atom. The van der Waals surface area contributed by atoms with Crippen molar-refractivity contribution >= 4 is 11.6 Å². The van der Waals surface area contributed by atoms with Crippen LogP contribution in [0.4, 0.5) is 11.6 Å². The zero-order valence-electron chi connectivity index (χ0n) is 11.0. The fourth-order valence-corrected chi connectivity index (χ4v) is 2.38. The molecule has 1 aliphatic heterocycles. The van der Waals surface area contributed by atoms with Crippen LogP contribution in [0.25, 0.3) is 0 Å². The van der Waals surface area contributed by atoms with Gasteiger partial charge in [-0.25, -0.2) is 9.97 Å². The van der Waals surface area contributed by atoms with Gasteiger partial charge in [0.1, 0.15) is 18.0 Å². The Hall–Kier alpha value is -1.32. The van der Waals surface area contributed by atoms with E-state index in [1.165, 1.54) is 19.3 Å². The van der Waals surface area contributed by atoms with Gasteiger partial charge in [0.05, 0.1) is 0 Å². The van der Waals surface area contributed by atoms with Gasteiger partial charge in [0, 0.05) is 18.7 Å². The second kappa shape index (κ2) is 4.51. The van der Waals surface area contributed by atoms with Gasteiger partial charge in [-0.2, -0.15) is 0 Å². The minimum atomic E-state index is 0.503. The fourth-order valence-electron chi connectivity index (χ4n) is 2.38. The molecule has 2 N–H and O–H groups in total. The van der Waals surface area contributed by atoms with Crippen LogP contribution in [0.1, 0.15) is 38.7 Å². The van der Waals surface area contributed by atoms with Crippen LogP contribution >= 0.6 is 0 Å². The van der Waals surface area contributed by atoms with Crippen molar-refractivity contribution in [3.63, 3.8) is 0 Å². The van der Waals surface area contributed by atoms with E-state index in [2.05, 4.69) is 28.7 Å². The van der Waals surface area contributed by atoms with E-state index in [-0.39, 0.29) is 0 Å². The van der Waals surface area contributed by atoms with Crippen molar-refractivity contribution in [3.8, 4) is 0 Å². The molecule has 1 aromatic heterocycles. The molecule has 17 heavy (non-hydrogen) atoms. The molecule has 1 saturated heterocycles. The summed E-state index contributed by atoms with van der Waals surface area (Å²) in [5, 5.41) is 0. The van der Waals surface area contributed by atoms with E-state index in [4.69, 9.17) is 5.73 Å². The molecule has 4 heteroatoms. The smallest absolute Gasteiger partial charge is 0.137 e. The highest BCUT2D eigenvalue weighted by Crippen LogP contribution is 2.36. The Balaban J connectivity index is 2.13. The summed E-state index contributed by atoms with van der Waals surface area (Å²) in [6.07, 6.45) is 5.27. The number of hydrogen-bond donors (Lipinski definition) is 1. The highest BCUT2D eigenvalue weighted by Gasteiger charge is 2.29. The van der Waals surface area contributed by atoms with Crippen LogP contribution in [0.15, 0.2) is 6.33 Å². The van der Waals surface area contributed by atoms with Crippen LogP contribution in [0.2, 0.25) is 0 Å². The van der Waals surface area contributed by atoms with Crippen molar-refractivity contribution in [3.05, 3.63) is 11.9 Å². The Morgan fingerprint density at radius 3 is 2.59 bits per heavy atom. The molecule has 4 nitrogen and oxygen atoms in total. The molecule has 0 saturated carbocycles. The molecule has 0 amide bonds. The highest BCUT2D eigenvalue weighted by molar-refractivity contribution is 5.55. The first kappa shape index (κ1) is 12.1. The van der Waals surface area contributed by atoms with Gasteiger partial charge in [-0.1, -0.05) is 20.3 Å². The third-order valence-electron chi connectivity index (χ3n) is 4.22. The number of nitrogens with zero attached hydrogens (tertiary/aromatic N) is 3. The Morgan fingerprint density at radius 2 is 2.00 bits per heavy atom. The maximum atomic E-state index is 5.83. The summed E-state index contributed by atoms with van der Waals surface area (Å²) >= 11 is 0. The summed E-state index contributed by atoms with van der Waals surface area (Å²) in [4.78, 5) is 10.7. The van der Waals surface area contributed by atoms with E-state index in [1.54, 1.807) is 6.33 Å². The summed E-state index contributed by atoms with van der Waals surface area (Å²) in [6, 6.07) is 0. The van der Waals surface area contributed by atoms with Crippen molar-refractivity contribution < 1.29 is 0 Å². The normalized spacial score (nSPS) is 19.4. The minimum Gasteiger partial charge on any atom is -0.383 e. The topological polar surface area (TPSA) is 55.0 Å². The molecular weight excluding hydrogens is 212 g/mol. The average Bonchev–Trinajstić information content (AvgIpc) is 2.34. The zero-order valence-corrected chi connectivity index (χ0v) is 11.0. The number of anilines is 2. The molecule has 2 heterocycles. The first-order chi connectivity index (χ1) is 8.06. The maximum Gasteiger partial charge on any atom is 0.137 e. The standard InChI is InChI=1S/C13H22N4/c1-4-13(3)5-7-17(8-6-13)12-10(2)11(14)15-9-16-12/h9H,4-8H2,1-3H3,(H2,14,15,16). The average molecular weight is 234 g/mol. The maximum absolute atomic E-state index is 5.83.